The van der Waals surface area contributed by atoms with Crippen LogP contribution in [0.5, 0.6) is 0 Å². The fourth-order valence-corrected chi connectivity index (χ4v) is 1.93. The van der Waals surface area contributed by atoms with Gasteiger partial charge < -0.3 is 5.11 Å². The molecule has 0 amide bonds. The first-order valence-electron chi connectivity index (χ1n) is 9.17. The van der Waals surface area contributed by atoms with E-state index >= 15 is 0 Å². The van der Waals surface area contributed by atoms with E-state index in [1.54, 1.807) is 6.08 Å². The van der Waals surface area contributed by atoms with Crippen LogP contribution in [0.3, 0.4) is 0 Å². The average molecular weight is 360 g/mol. The Hall–Kier alpha value is -2.17. The molecule has 0 radical (unpaired) electrons. The van der Waals surface area contributed by atoms with Crippen molar-refractivity contribution < 1.29 is 20.0 Å². The minimum absolute atomic E-state index is 0.149. The molecule has 0 bridgehead atoms. The molecule has 0 aromatic rings. The Labute approximate surface area is 157 Å². The number of hydrogen-bond donors (Lipinski definition) is 2. The molecule has 144 valence electrons. The van der Waals surface area contributed by atoms with Gasteiger partial charge in [0.2, 0.25) is 0 Å². The zero-order chi connectivity index (χ0) is 19.3. The van der Waals surface area contributed by atoms with E-state index in [2.05, 4.69) is 66.5 Å². The summed E-state index contributed by atoms with van der Waals surface area (Å²) in [5, 5.41) is 17.1. The normalized spacial score (nSPS) is 14.2. The van der Waals surface area contributed by atoms with Crippen LogP contribution >= 0.6 is 0 Å². The number of allylic oxidation sites excluding steroid dienone is 11. The third-order valence-corrected chi connectivity index (χ3v) is 3.35. The van der Waals surface area contributed by atoms with Crippen LogP contribution < -0.4 is 0 Å². The van der Waals surface area contributed by atoms with Crippen molar-refractivity contribution in [2.24, 2.45) is 0 Å². The molecule has 0 heterocycles. The number of unbranched alkanes of at least 4 members (excludes halogenated alkanes) is 1. The van der Waals surface area contributed by atoms with Gasteiger partial charge in [0.1, 0.15) is 0 Å². The number of aliphatic carboxylic acids is 1. The molecule has 0 rings (SSSR count). The third kappa shape index (κ3) is 16.7. The zero-order valence-electron chi connectivity index (χ0n) is 15.7. The van der Waals surface area contributed by atoms with Gasteiger partial charge in [0.15, 0.2) is 6.10 Å². The zero-order valence-corrected chi connectivity index (χ0v) is 15.7. The number of carboxylic acid groups (broad SMARTS) is 1. The summed E-state index contributed by atoms with van der Waals surface area (Å²) in [5.41, 5.74) is 0. The molecule has 1 unspecified atom stereocenters. The maximum atomic E-state index is 10.6. The van der Waals surface area contributed by atoms with E-state index in [0.717, 1.165) is 38.5 Å². The van der Waals surface area contributed by atoms with Crippen molar-refractivity contribution in [3.63, 3.8) is 0 Å². The van der Waals surface area contributed by atoms with Crippen LogP contribution in [0, 0.1) is 0 Å². The van der Waals surface area contributed by atoms with Crippen LogP contribution in [0.15, 0.2) is 72.9 Å². The standard InChI is InChI=1S/C22H32O4/c1-2-3-4-5-6-7-8-9-10-11-12-13-14-15-16-17-18-19-20-21(26-25)22(23)24/h3-4,7-10,12-13,15-16,18-19,21,25H,2,5-6,11,14,17,20H2,1H3,(H,23,24)/b4-3-,8-7+,10-9-,13-12-,16-15-,19-18-. The van der Waals surface area contributed by atoms with Crippen LogP contribution in [0.2, 0.25) is 0 Å². The summed E-state index contributed by atoms with van der Waals surface area (Å²) in [4.78, 5) is 14.4. The summed E-state index contributed by atoms with van der Waals surface area (Å²) in [5.74, 6) is -1.17. The molecule has 0 aromatic carbocycles. The third-order valence-electron chi connectivity index (χ3n) is 3.35. The lowest BCUT2D eigenvalue weighted by Gasteiger charge is -2.03. The highest BCUT2D eigenvalue weighted by Crippen LogP contribution is 2.00. The second kappa shape index (κ2) is 19.2. The van der Waals surface area contributed by atoms with Gasteiger partial charge in [-0.05, 0) is 38.5 Å². The molecule has 0 aliphatic heterocycles. The monoisotopic (exact) mass is 360 g/mol. The molecule has 0 aromatic heterocycles. The molecular weight excluding hydrogens is 328 g/mol. The smallest absolute Gasteiger partial charge is 0.336 e. The lowest BCUT2D eigenvalue weighted by Crippen LogP contribution is -2.21. The van der Waals surface area contributed by atoms with Gasteiger partial charge in [0.25, 0.3) is 0 Å². The molecule has 1 atom stereocenters. The molecule has 0 aliphatic rings. The number of carbonyl (C=O) groups is 1. The van der Waals surface area contributed by atoms with Crippen LogP contribution in [0.25, 0.3) is 0 Å². The molecule has 0 saturated heterocycles. The minimum Gasteiger partial charge on any atom is -0.479 e. The van der Waals surface area contributed by atoms with E-state index in [9.17, 15) is 4.79 Å². The highest BCUT2D eigenvalue weighted by molar-refractivity contribution is 5.72. The molecule has 0 saturated carbocycles. The topological polar surface area (TPSA) is 66.8 Å². The lowest BCUT2D eigenvalue weighted by molar-refractivity contribution is -0.275. The maximum Gasteiger partial charge on any atom is 0.336 e. The van der Waals surface area contributed by atoms with E-state index in [1.807, 2.05) is 12.2 Å². The van der Waals surface area contributed by atoms with E-state index in [-0.39, 0.29) is 6.42 Å². The Balaban J connectivity index is 3.66. The van der Waals surface area contributed by atoms with Crippen molar-refractivity contribution in [2.75, 3.05) is 0 Å². The molecule has 0 aliphatic carbocycles. The molecule has 0 spiro atoms. The predicted molar refractivity (Wildman–Crippen MR) is 108 cm³/mol. The molecule has 26 heavy (non-hydrogen) atoms. The SMILES string of the molecule is CC/C=C\CC/C=C/C=C\C/C=C\C/C=C\C/C=C\CC(OO)C(=O)O. The van der Waals surface area contributed by atoms with Crippen molar-refractivity contribution in [3.05, 3.63) is 72.9 Å². The Bertz CT molecular complexity index is 510. The van der Waals surface area contributed by atoms with Gasteiger partial charge in [-0.25, -0.2) is 9.68 Å². The van der Waals surface area contributed by atoms with E-state index < -0.39 is 12.1 Å². The fraction of sp³-hybridized carbons (Fsp3) is 0.409. The minimum atomic E-state index is -1.20. The Kier molecular flexibility index (Phi) is 17.6. The van der Waals surface area contributed by atoms with Crippen molar-refractivity contribution >= 4 is 5.97 Å². The summed E-state index contributed by atoms with van der Waals surface area (Å²) < 4.78 is 0. The van der Waals surface area contributed by atoms with Gasteiger partial charge in [-0.15, -0.1) is 0 Å². The van der Waals surface area contributed by atoms with Gasteiger partial charge in [-0.2, -0.15) is 0 Å². The second-order valence-corrected chi connectivity index (χ2v) is 5.60. The van der Waals surface area contributed by atoms with Gasteiger partial charge in [-0.3, -0.25) is 5.26 Å². The van der Waals surface area contributed by atoms with Crippen LogP contribution in [0.4, 0.5) is 0 Å². The van der Waals surface area contributed by atoms with Crippen molar-refractivity contribution in [1.29, 1.82) is 0 Å². The molecule has 4 heteroatoms. The molecular formula is C22H32O4. The van der Waals surface area contributed by atoms with Gasteiger partial charge >= 0.3 is 5.97 Å². The average Bonchev–Trinajstić information content (AvgIpc) is 2.63. The van der Waals surface area contributed by atoms with Crippen LogP contribution in [0.1, 0.15) is 51.9 Å². The quantitative estimate of drug-likeness (QED) is 0.123. The molecule has 4 nitrogen and oxygen atoms in total. The number of rotatable bonds is 15. The molecule has 0 fully saturated rings. The van der Waals surface area contributed by atoms with Gasteiger partial charge in [0.05, 0.1) is 0 Å². The first-order chi connectivity index (χ1) is 12.7. The first-order valence-corrected chi connectivity index (χ1v) is 9.17. The summed E-state index contributed by atoms with van der Waals surface area (Å²) in [6.45, 7) is 2.14. The Morgan fingerprint density at radius 2 is 1.35 bits per heavy atom. The lowest BCUT2D eigenvalue weighted by atomic mass is 10.2. The summed E-state index contributed by atoms with van der Waals surface area (Å²) in [6, 6.07) is 0. The Morgan fingerprint density at radius 3 is 1.92 bits per heavy atom. The Morgan fingerprint density at radius 1 is 0.808 bits per heavy atom. The largest absolute Gasteiger partial charge is 0.479 e. The fourth-order valence-electron chi connectivity index (χ4n) is 1.93. The second-order valence-electron chi connectivity index (χ2n) is 5.60. The highest BCUT2D eigenvalue weighted by atomic mass is 17.1. The molecule has 2 N–H and O–H groups in total. The highest BCUT2D eigenvalue weighted by Gasteiger charge is 2.15. The van der Waals surface area contributed by atoms with Crippen LogP contribution in [-0.2, 0) is 9.68 Å². The summed E-state index contributed by atoms with van der Waals surface area (Å²) >= 11 is 0. The number of hydrogen-bond acceptors (Lipinski definition) is 3. The maximum absolute atomic E-state index is 10.6. The van der Waals surface area contributed by atoms with Crippen LogP contribution in [-0.4, -0.2) is 22.4 Å². The van der Waals surface area contributed by atoms with Crippen molar-refractivity contribution in [2.45, 2.75) is 58.0 Å². The summed E-state index contributed by atoms with van der Waals surface area (Å²) in [7, 11) is 0. The van der Waals surface area contributed by atoms with E-state index in [4.69, 9.17) is 10.4 Å². The van der Waals surface area contributed by atoms with Gasteiger partial charge in [-0.1, -0.05) is 79.8 Å². The number of carboxylic acids is 1. The predicted octanol–water partition coefficient (Wildman–Crippen LogP) is 6.02. The van der Waals surface area contributed by atoms with Gasteiger partial charge in [0, 0.05) is 6.42 Å². The first kappa shape index (κ1) is 23.8. The van der Waals surface area contributed by atoms with Crippen molar-refractivity contribution in [3.8, 4) is 0 Å². The van der Waals surface area contributed by atoms with Crippen molar-refractivity contribution in [1.82, 2.24) is 0 Å². The van der Waals surface area contributed by atoms with E-state index in [1.165, 1.54) is 0 Å². The summed E-state index contributed by atoms with van der Waals surface area (Å²) in [6.07, 6.45) is 29.5. The van der Waals surface area contributed by atoms with E-state index in [0.29, 0.717) is 0 Å².